The van der Waals surface area contributed by atoms with E-state index in [1.807, 2.05) is 72.8 Å². The van der Waals surface area contributed by atoms with Crippen molar-refractivity contribution >= 4 is 23.2 Å². The highest BCUT2D eigenvalue weighted by atomic mass is 16.5. The number of ether oxygens (including phenoxy) is 4. The standard InChI is InChI=1S/C30H30N2O6/c1-20(33)32-28(25-14-7-8-15-29(25)36-3)17-27(31-32)21-11-9-12-23(16-21)38-18-22-10-5-6-13-24(22)26(19-35-2)30(34)37-4/h5-16,19,28H,17-18H2,1-4H3/b26-19-. The lowest BCUT2D eigenvalue weighted by Crippen LogP contribution is -2.24. The monoisotopic (exact) mass is 514 g/mol. The summed E-state index contributed by atoms with van der Waals surface area (Å²) in [6.45, 7) is 1.72. The highest BCUT2D eigenvalue weighted by molar-refractivity contribution is 6.16. The van der Waals surface area contributed by atoms with Gasteiger partial charge in [-0.3, -0.25) is 4.79 Å². The number of rotatable bonds is 9. The Bertz CT molecular complexity index is 1380. The van der Waals surface area contributed by atoms with Crippen LogP contribution in [0.2, 0.25) is 0 Å². The van der Waals surface area contributed by atoms with Crippen molar-refractivity contribution in [1.82, 2.24) is 5.01 Å². The van der Waals surface area contributed by atoms with E-state index in [9.17, 15) is 9.59 Å². The minimum absolute atomic E-state index is 0.148. The maximum absolute atomic E-state index is 12.4. The number of methoxy groups -OCH3 is 3. The third-order valence-electron chi connectivity index (χ3n) is 6.24. The van der Waals surface area contributed by atoms with E-state index in [1.54, 1.807) is 7.11 Å². The molecule has 0 spiro atoms. The largest absolute Gasteiger partial charge is 0.503 e. The van der Waals surface area contributed by atoms with Gasteiger partial charge in [-0.1, -0.05) is 54.6 Å². The molecule has 8 heteroatoms. The van der Waals surface area contributed by atoms with Crippen LogP contribution in [0.3, 0.4) is 0 Å². The Morgan fingerprint density at radius 3 is 2.50 bits per heavy atom. The van der Waals surface area contributed by atoms with Crippen LogP contribution >= 0.6 is 0 Å². The summed E-state index contributed by atoms with van der Waals surface area (Å²) in [5.74, 6) is 0.695. The van der Waals surface area contributed by atoms with Crippen molar-refractivity contribution in [2.75, 3.05) is 21.3 Å². The average molecular weight is 515 g/mol. The summed E-state index contributed by atoms with van der Waals surface area (Å²) >= 11 is 0. The molecule has 8 nitrogen and oxygen atoms in total. The highest BCUT2D eigenvalue weighted by Gasteiger charge is 2.33. The number of hydrogen-bond acceptors (Lipinski definition) is 7. The second-order valence-corrected chi connectivity index (χ2v) is 8.60. The molecule has 0 saturated heterocycles. The minimum Gasteiger partial charge on any atom is -0.503 e. The second kappa shape index (κ2) is 12.1. The van der Waals surface area contributed by atoms with Crippen molar-refractivity contribution < 1.29 is 28.5 Å². The van der Waals surface area contributed by atoms with Gasteiger partial charge < -0.3 is 18.9 Å². The molecule has 4 rings (SSSR count). The second-order valence-electron chi connectivity index (χ2n) is 8.60. The van der Waals surface area contributed by atoms with Gasteiger partial charge in [0.15, 0.2) is 0 Å². The van der Waals surface area contributed by atoms with Crippen molar-refractivity contribution in [3.05, 3.63) is 101 Å². The summed E-state index contributed by atoms with van der Waals surface area (Å²) in [6.07, 6.45) is 1.90. The molecule has 1 amide bonds. The van der Waals surface area contributed by atoms with E-state index in [1.165, 1.54) is 32.4 Å². The molecule has 3 aromatic carbocycles. The number of hydrogen-bond donors (Lipinski definition) is 0. The predicted molar refractivity (Wildman–Crippen MR) is 144 cm³/mol. The summed E-state index contributed by atoms with van der Waals surface area (Å²) < 4.78 is 21.7. The van der Waals surface area contributed by atoms with Crippen molar-refractivity contribution in [3.63, 3.8) is 0 Å². The van der Waals surface area contributed by atoms with Crippen LogP contribution in [0.5, 0.6) is 11.5 Å². The van der Waals surface area contributed by atoms with E-state index in [-0.39, 0.29) is 18.6 Å². The van der Waals surface area contributed by atoms with Crippen LogP contribution in [0.15, 0.2) is 84.2 Å². The Kier molecular flexibility index (Phi) is 8.43. The summed E-state index contributed by atoms with van der Waals surface area (Å²) in [5, 5.41) is 6.16. The zero-order valence-electron chi connectivity index (χ0n) is 21.8. The van der Waals surface area contributed by atoms with Crippen LogP contribution < -0.4 is 9.47 Å². The first kappa shape index (κ1) is 26.5. The van der Waals surface area contributed by atoms with Crippen molar-refractivity contribution in [1.29, 1.82) is 0 Å². The highest BCUT2D eigenvalue weighted by Crippen LogP contribution is 2.37. The van der Waals surface area contributed by atoms with Crippen molar-refractivity contribution in [3.8, 4) is 11.5 Å². The van der Waals surface area contributed by atoms with E-state index in [2.05, 4.69) is 5.10 Å². The van der Waals surface area contributed by atoms with E-state index >= 15 is 0 Å². The molecule has 1 heterocycles. The zero-order chi connectivity index (χ0) is 27.1. The Balaban J connectivity index is 1.56. The SMILES string of the molecule is CO/C=C(\C(=O)OC)c1ccccc1COc1cccc(C2=NN(C(C)=O)C(c3ccccc3OC)C2)c1. The number of amides is 1. The number of para-hydroxylation sites is 1. The van der Waals surface area contributed by atoms with Gasteiger partial charge in [0.1, 0.15) is 23.7 Å². The predicted octanol–water partition coefficient (Wildman–Crippen LogP) is 5.13. The number of nitrogens with zero attached hydrogens (tertiary/aromatic N) is 2. The van der Waals surface area contributed by atoms with Gasteiger partial charge in [0.2, 0.25) is 5.91 Å². The maximum atomic E-state index is 12.4. The quantitative estimate of drug-likeness (QED) is 0.224. The Morgan fingerprint density at radius 2 is 1.76 bits per heavy atom. The topological polar surface area (TPSA) is 86.7 Å². The molecular weight excluding hydrogens is 484 g/mol. The molecule has 0 saturated carbocycles. The van der Waals surface area contributed by atoms with E-state index < -0.39 is 5.97 Å². The normalized spacial score (nSPS) is 15.1. The molecule has 0 N–H and O–H groups in total. The van der Waals surface area contributed by atoms with Gasteiger partial charge in [-0.05, 0) is 29.3 Å². The summed E-state index contributed by atoms with van der Waals surface area (Å²) in [4.78, 5) is 24.7. The zero-order valence-corrected chi connectivity index (χ0v) is 21.8. The average Bonchev–Trinajstić information content (AvgIpc) is 3.41. The lowest BCUT2D eigenvalue weighted by molar-refractivity contribution is -0.134. The molecule has 1 aliphatic heterocycles. The van der Waals surface area contributed by atoms with Gasteiger partial charge in [-0.2, -0.15) is 5.10 Å². The molecule has 1 atom stereocenters. The van der Waals surface area contributed by atoms with Crippen molar-refractivity contribution in [2.45, 2.75) is 26.0 Å². The van der Waals surface area contributed by atoms with Crippen LogP contribution in [0.25, 0.3) is 5.57 Å². The molecule has 196 valence electrons. The first-order chi connectivity index (χ1) is 18.5. The molecule has 38 heavy (non-hydrogen) atoms. The molecule has 1 aliphatic rings. The summed E-state index contributed by atoms with van der Waals surface area (Å²) in [6, 6.07) is 22.4. The molecule has 3 aromatic rings. The smallest absolute Gasteiger partial charge is 0.341 e. The fraction of sp³-hybridized carbons (Fsp3) is 0.233. The van der Waals surface area contributed by atoms with E-state index in [0.717, 1.165) is 22.4 Å². The molecule has 0 radical (unpaired) electrons. The van der Waals surface area contributed by atoms with E-state index in [4.69, 9.17) is 18.9 Å². The Morgan fingerprint density at radius 1 is 1.00 bits per heavy atom. The van der Waals surface area contributed by atoms with Gasteiger partial charge in [-0.25, -0.2) is 9.80 Å². The van der Waals surface area contributed by atoms with Gasteiger partial charge in [0, 0.05) is 24.5 Å². The van der Waals surface area contributed by atoms with Crippen LogP contribution in [-0.4, -0.2) is 43.9 Å². The number of benzene rings is 3. The van der Waals surface area contributed by atoms with Crippen LogP contribution in [0, 0.1) is 0 Å². The molecular formula is C30H30N2O6. The minimum atomic E-state index is -0.500. The molecule has 0 aromatic heterocycles. The number of hydrazone groups is 1. The van der Waals surface area contributed by atoms with Crippen LogP contribution in [-0.2, 0) is 25.7 Å². The van der Waals surface area contributed by atoms with Crippen molar-refractivity contribution in [2.24, 2.45) is 5.10 Å². The third kappa shape index (κ3) is 5.70. The molecule has 0 bridgehead atoms. The van der Waals surface area contributed by atoms with E-state index in [0.29, 0.717) is 29.1 Å². The number of carbonyl (C=O) groups excluding carboxylic acids is 2. The summed E-state index contributed by atoms with van der Waals surface area (Å²) in [5.41, 5.74) is 4.29. The third-order valence-corrected chi connectivity index (χ3v) is 6.24. The molecule has 0 fully saturated rings. The Labute approximate surface area is 222 Å². The molecule has 0 aliphatic carbocycles. The lowest BCUT2D eigenvalue weighted by atomic mass is 9.97. The maximum Gasteiger partial charge on any atom is 0.341 e. The summed E-state index contributed by atoms with van der Waals surface area (Å²) in [7, 11) is 4.42. The van der Waals surface area contributed by atoms with Crippen LogP contribution in [0.4, 0.5) is 0 Å². The first-order valence-electron chi connectivity index (χ1n) is 12.1. The van der Waals surface area contributed by atoms with Gasteiger partial charge in [-0.15, -0.1) is 0 Å². The lowest BCUT2D eigenvalue weighted by Gasteiger charge is -2.22. The Hall–Kier alpha value is -4.59. The number of esters is 1. The number of carbonyl (C=O) groups is 2. The first-order valence-corrected chi connectivity index (χ1v) is 12.1. The molecule has 1 unspecified atom stereocenters. The fourth-order valence-electron chi connectivity index (χ4n) is 4.44. The van der Waals surface area contributed by atoms with Gasteiger partial charge >= 0.3 is 5.97 Å². The van der Waals surface area contributed by atoms with Crippen LogP contribution in [0.1, 0.15) is 41.6 Å². The fourth-order valence-corrected chi connectivity index (χ4v) is 4.44. The van der Waals surface area contributed by atoms with Gasteiger partial charge in [0.25, 0.3) is 0 Å². The van der Waals surface area contributed by atoms with Gasteiger partial charge in [0.05, 0.1) is 39.3 Å².